The standard InChI is InChI=1S/C22H22ClF3N4O2S/c1-3-4-12-30-20(14-8-10-15(32-2)11-9-14)28-29-21(30)33-13-18(31)27-19-16(22(24,25)26)6-5-7-17(19)23/h5-11H,3-4,12-13H2,1-2H3,(H,27,31). The zero-order chi connectivity index (χ0) is 24.0. The van der Waals surface area contributed by atoms with E-state index < -0.39 is 23.3 Å². The minimum atomic E-state index is -4.64. The number of alkyl halides is 3. The first-order valence-electron chi connectivity index (χ1n) is 10.1. The lowest BCUT2D eigenvalue weighted by atomic mass is 10.1. The number of carbonyl (C=O) groups is 1. The molecular formula is C22H22ClF3N4O2S. The van der Waals surface area contributed by atoms with Gasteiger partial charge in [-0.05, 0) is 42.8 Å². The Kier molecular flexibility index (Phi) is 8.25. The number of nitrogens with one attached hydrogen (secondary N) is 1. The maximum Gasteiger partial charge on any atom is 0.418 e. The summed E-state index contributed by atoms with van der Waals surface area (Å²) in [6.45, 7) is 2.69. The fraction of sp³-hybridized carbons (Fsp3) is 0.318. The topological polar surface area (TPSA) is 69.0 Å². The van der Waals surface area contributed by atoms with E-state index in [1.165, 1.54) is 12.1 Å². The van der Waals surface area contributed by atoms with Crippen LogP contribution < -0.4 is 10.1 Å². The number of methoxy groups -OCH3 is 1. The summed E-state index contributed by atoms with van der Waals surface area (Å²) in [5.41, 5.74) is -0.619. The number of carbonyl (C=O) groups excluding carboxylic acids is 1. The Morgan fingerprint density at radius 1 is 1.18 bits per heavy atom. The molecule has 0 unspecified atom stereocenters. The molecule has 0 saturated heterocycles. The Morgan fingerprint density at radius 2 is 1.91 bits per heavy atom. The van der Waals surface area contributed by atoms with Gasteiger partial charge in [-0.25, -0.2) is 0 Å². The molecule has 0 aliphatic carbocycles. The summed E-state index contributed by atoms with van der Waals surface area (Å²) in [7, 11) is 1.58. The molecule has 0 fully saturated rings. The molecule has 1 amide bonds. The van der Waals surface area contributed by atoms with Crippen molar-refractivity contribution in [1.29, 1.82) is 0 Å². The number of halogens is 4. The number of benzene rings is 2. The highest BCUT2D eigenvalue weighted by Crippen LogP contribution is 2.38. The molecular weight excluding hydrogens is 477 g/mol. The van der Waals surface area contributed by atoms with Crippen molar-refractivity contribution >= 4 is 35.0 Å². The van der Waals surface area contributed by atoms with E-state index in [2.05, 4.69) is 22.4 Å². The molecule has 3 rings (SSSR count). The normalized spacial score (nSPS) is 11.5. The van der Waals surface area contributed by atoms with Crippen LogP contribution in [-0.2, 0) is 17.5 Å². The molecule has 3 aromatic rings. The molecule has 11 heteroatoms. The van der Waals surface area contributed by atoms with Crippen LogP contribution in [0.2, 0.25) is 5.02 Å². The van der Waals surface area contributed by atoms with Crippen LogP contribution in [0.15, 0.2) is 47.6 Å². The molecule has 176 valence electrons. The lowest BCUT2D eigenvalue weighted by Crippen LogP contribution is -2.19. The lowest BCUT2D eigenvalue weighted by Gasteiger charge is -2.15. The van der Waals surface area contributed by atoms with Crippen molar-refractivity contribution in [2.24, 2.45) is 0 Å². The fourth-order valence-corrected chi connectivity index (χ4v) is 4.05. The molecule has 0 spiro atoms. The third-order valence-corrected chi connectivity index (χ3v) is 6.00. The average molecular weight is 499 g/mol. The number of para-hydroxylation sites is 1. The van der Waals surface area contributed by atoms with Gasteiger partial charge in [0, 0.05) is 12.1 Å². The van der Waals surface area contributed by atoms with Gasteiger partial charge in [0.25, 0.3) is 0 Å². The summed E-state index contributed by atoms with van der Waals surface area (Å²) >= 11 is 7.01. The van der Waals surface area contributed by atoms with Gasteiger partial charge in [0.1, 0.15) is 5.75 Å². The van der Waals surface area contributed by atoms with Crippen molar-refractivity contribution < 1.29 is 22.7 Å². The highest BCUT2D eigenvalue weighted by molar-refractivity contribution is 7.99. The molecule has 0 radical (unpaired) electrons. The first-order valence-corrected chi connectivity index (χ1v) is 11.5. The Hall–Kier alpha value is -2.72. The van der Waals surface area contributed by atoms with Crippen LogP contribution in [-0.4, -0.2) is 33.5 Å². The van der Waals surface area contributed by atoms with E-state index in [0.717, 1.165) is 36.2 Å². The average Bonchev–Trinajstić information content (AvgIpc) is 3.19. The number of hydrogen-bond acceptors (Lipinski definition) is 5. The van der Waals surface area contributed by atoms with Crippen molar-refractivity contribution in [2.45, 2.75) is 37.6 Å². The van der Waals surface area contributed by atoms with Crippen LogP contribution in [0.5, 0.6) is 5.75 Å². The van der Waals surface area contributed by atoms with E-state index in [0.29, 0.717) is 23.3 Å². The molecule has 6 nitrogen and oxygen atoms in total. The first kappa shape index (κ1) is 24.9. The SMILES string of the molecule is CCCCn1c(SCC(=O)Nc2c(Cl)cccc2C(F)(F)F)nnc1-c1ccc(OC)cc1. The van der Waals surface area contributed by atoms with Crippen LogP contribution in [0.1, 0.15) is 25.3 Å². The molecule has 0 aliphatic heterocycles. The molecule has 2 aromatic carbocycles. The minimum absolute atomic E-state index is 0.157. The number of nitrogens with zero attached hydrogens (tertiary/aromatic N) is 3. The van der Waals surface area contributed by atoms with E-state index in [4.69, 9.17) is 16.3 Å². The molecule has 0 atom stereocenters. The minimum Gasteiger partial charge on any atom is -0.497 e. The highest BCUT2D eigenvalue weighted by Gasteiger charge is 2.34. The molecule has 1 N–H and O–H groups in total. The first-order chi connectivity index (χ1) is 15.7. The van der Waals surface area contributed by atoms with Gasteiger partial charge in [0.05, 0.1) is 29.1 Å². The molecule has 1 heterocycles. The molecule has 0 bridgehead atoms. The highest BCUT2D eigenvalue weighted by atomic mass is 35.5. The zero-order valence-corrected chi connectivity index (χ0v) is 19.5. The second-order valence-electron chi connectivity index (χ2n) is 7.04. The van der Waals surface area contributed by atoms with Crippen molar-refractivity contribution in [2.75, 3.05) is 18.2 Å². The summed E-state index contributed by atoms with van der Waals surface area (Å²) in [6.07, 6.45) is -2.83. The van der Waals surface area contributed by atoms with E-state index >= 15 is 0 Å². The quantitative estimate of drug-likeness (QED) is 0.358. The Bertz CT molecular complexity index is 1100. The van der Waals surface area contributed by atoms with Crippen LogP contribution in [0.3, 0.4) is 0 Å². The Labute approximate surface area is 198 Å². The maximum absolute atomic E-state index is 13.3. The Morgan fingerprint density at radius 3 is 2.55 bits per heavy atom. The number of hydrogen-bond donors (Lipinski definition) is 1. The van der Waals surface area contributed by atoms with Crippen molar-refractivity contribution in [3.63, 3.8) is 0 Å². The van der Waals surface area contributed by atoms with Crippen molar-refractivity contribution in [1.82, 2.24) is 14.8 Å². The summed E-state index contributed by atoms with van der Waals surface area (Å²) in [6, 6.07) is 10.7. The smallest absolute Gasteiger partial charge is 0.418 e. The van der Waals surface area contributed by atoms with Crippen molar-refractivity contribution in [3.05, 3.63) is 53.1 Å². The van der Waals surface area contributed by atoms with Crippen molar-refractivity contribution in [3.8, 4) is 17.1 Å². The number of thioether (sulfide) groups is 1. The van der Waals surface area contributed by atoms with E-state index in [1.54, 1.807) is 7.11 Å². The second-order valence-corrected chi connectivity index (χ2v) is 8.39. The van der Waals surface area contributed by atoms with Gasteiger partial charge in [-0.15, -0.1) is 10.2 Å². The maximum atomic E-state index is 13.3. The third kappa shape index (κ3) is 6.20. The number of ether oxygens (including phenoxy) is 1. The van der Waals surface area contributed by atoms with Crippen LogP contribution in [0, 0.1) is 0 Å². The third-order valence-electron chi connectivity index (χ3n) is 4.72. The monoisotopic (exact) mass is 498 g/mol. The van der Waals surface area contributed by atoms with Gasteiger partial charge in [0.15, 0.2) is 11.0 Å². The summed E-state index contributed by atoms with van der Waals surface area (Å²) < 4.78 is 46.9. The number of aromatic nitrogens is 3. The number of anilines is 1. The van der Waals surface area contributed by atoms with Crippen LogP contribution in [0.4, 0.5) is 18.9 Å². The zero-order valence-electron chi connectivity index (χ0n) is 17.9. The van der Waals surface area contributed by atoms with E-state index in [-0.39, 0.29) is 10.8 Å². The molecule has 0 aliphatic rings. The number of unbranched alkanes of at least 4 members (excludes halogenated alkanes) is 1. The van der Waals surface area contributed by atoms with E-state index in [1.807, 2.05) is 28.8 Å². The summed E-state index contributed by atoms with van der Waals surface area (Å²) in [4.78, 5) is 12.5. The van der Waals surface area contributed by atoms with Crippen LogP contribution >= 0.6 is 23.4 Å². The van der Waals surface area contributed by atoms with Gasteiger partial charge >= 0.3 is 6.18 Å². The summed E-state index contributed by atoms with van der Waals surface area (Å²) in [5, 5.41) is 11.1. The fourth-order valence-electron chi connectivity index (χ4n) is 3.06. The van der Waals surface area contributed by atoms with Gasteiger partial charge in [0.2, 0.25) is 5.91 Å². The van der Waals surface area contributed by atoms with Gasteiger partial charge < -0.3 is 14.6 Å². The van der Waals surface area contributed by atoms with Crippen LogP contribution in [0.25, 0.3) is 11.4 Å². The molecule has 1 aromatic heterocycles. The largest absolute Gasteiger partial charge is 0.497 e. The number of rotatable bonds is 9. The van der Waals surface area contributed by atoms with E-state index in [9.17, 15) is 18.0 Å². The predicted octanol–water partition coefficient (Wildman–Crippen LogP) is 6.16. The summed E-state index contributed by atoms with van der Waals surface area (Å²) in [5.74, 6) is 0.562. The van der Waals surface area contributed by atoms with Gasteiger partial charge in [-0.2, -0.15) is 13.2 Å². The Balaban J connectivity index is 1.77. The molecule has 33 heavy (non-hydrogen) atoms. The number of amides is 1. The van der Waals surface area contributed by atoms with Gasteiger partial charge in [-0.1, -0.05) is 42.8 Å². The predicted molar refractivity (Wildman–Crippen MR) is 123 cm³/mol. The lowest BCUT2D eigenvalue weighted by molar-refractivity contribution is -0.137. The second kappa shape index (κ2) is 10.9. The molecule has 0 saturated carbocycles. The van der Waals surface area contributed by atoms with Gasteiger partial charge in [-0.3, -0.25) is 4.79 Å².